The molecule has 0 spiro atoms. The van der Waals surface area contributed by atoms with Gasteiger partial charge >= 0.3 is 0 Å². The zero-order valence-electron chi connectivity index (χ0n) is 17.4. The lowest BCUT2D eigenvalue weighted by atomic mass is 9.92. The van der Waals surface area contributed by atoms with Crippen LogP contribution in [0.4, 0.5) is 0 Å². The van der Waals surface area contributed by atoms with E-state index in [1.54, 1.807) is 36.4 Å². The molecule has 0 radical (unpaired) electrons. The first-order valence-corrected chi connectivity index (χ1v) is 12.7. The highest BCUT2D eigenvalue weighted by molar-refractivity contribution is 7.90. The Morgan fingerprint density at radius 3 is 2.19 bits per heavy atom. The number of benzene rings is 3. The quantitative estimate of drug-likeness (QED) is 0.439. The van der Waals surface area contributed by atoms with Crippen LogP contribution >= 0.6 is 23.2 Å². The van der Waals surface area contributed by atoms with Crippen molar-refractivity contribution < 1.29 is 13.2 Å². The molecule has 3 aromatic carbocycles. The van der Waals surface area contributed by atoms with E-state index < -0.39 is 9.84 Å². The van der Waals surface area contributed by atoms with Crippen LogP contribution in [0.1, 0.15) is 23.1 Å². The molecule has 4 nitrogen and oxygen atoms in total. The molecule has 1 amide bonds. The van der Waals surface area contributed by atoms with Gasteiger partial charge in [-0.1, -0.05) is 71.7 Å². The predicted molar refractivity (Wildman–Crippen MR) is 129 cm³/mol. The van der Waals surface area contributed by atoms with Gasteiger partial charge in [-0.05, 0) is 52.9 Å². The van der Waals surface area contributed by atoms with Gasteiger partial charge in [0, 0.05) is 24.9 Å². The van der Waals surface area contributed by atoms with E-state index in [1.165, 1.54) is 6.26 Å². The molecule has 0 aliphatic carbocycles. The third-order valence-corrected chi connectivity index (χ3v) is 7.34. The van der Waals surface area contributed by atoms with Crippen LogP contribution in [0.3, 0.4) is 0 Å². The lowest BCUT2D eigenvalue weighted by Crippen LogP contribution is -2.24. The molecule has 164 valence electrons. The van der Waals surface area contributed by atoms with E-state index in [9.17, 15) is 13.2 Å². The van der Waals surface area contributed by atoms with Crippen LogP contribution in [0.15, 0.2) is 83.3 Å². The molecule has 4 rings (SSSR count). The number of amides is 1. The minimum atomic E-state index is -3.33. The fourth-order valence-electron chi connectivity index (χ4n) is 3.87. The van der Waals surface area contributed by atoms with Crippen LogP contribution in [0.5, 0.6) is 0 Å². The van der Waals surface area contributed by atoms with Gasteiger partial charge in [-0.15, -0.1) is 0 Å². The van der Waals surface area contributed by atoms with Crippen LogP contribution < -0.4 is 0 Å². The van der Waals surface area contributed by atoms with Crippen molar-refractivity contribution in [1.82, 2.24) is 4.90 Å². The molecule has 1 aliphatic rings. The van der Waals surface area contributed by atoms with Crippen molar-refractivity contribution in [3.8, 4) is 0 Å². The summed E-state index contributed by atoms with van der Waals surface area (Å²) in [6, 6.07) is 21.7. The number of likely N-dealkylation sites (tertiary alicyclic amines) is 1. The second-order valence-corrected chi connectivity index (χ2v) is 10.6. The van der Waals surface area contributed by atoms with Gasteiger partial charge in [0.2, 0.25) is 0 Å². The Hall–Kier alpha value is -2.60. The standard InChI is InChI=1S/C25H21Cl2NO3S/c1-32(30,31)20-10-7-18(8-11-20)24(19-9-12-22(26)23(27)15-19)21-13-14-28(25(21)29)16-17-5-3-2-4-6-17/h2-12,15H,13-14,16H2,1H3/b24-21-. The van der Waals surface area contributed by atoms with Gasteiger partial charge in [-0.3, -0.25) is 4.79 Å². The maximum atomic E-state index is 13.4. The van der Waals surface area contributed by atoms with Crippen LogP contribution in [0.2, 0.25) is 10.0 Å². The summed E-state index contributed by atoms with van der Waals surface area (Å²) in [6.45, 7) is 1.14. The number of sulfone groups is 1. The highest BCUT2D eigenvalue weighted by Crippen LogP contribution is 2.36. The summed E-state index contributed by atoms with van der Waals surface area (Å²) in [5, 5.41) is 0.817. The molecular weight excluding hydrogens is 465 g/mol. The van der Waals surface area contributed by atoms with Crippen molar-refractivity contribution in [3.05, 3.63) is 105 Å². The molecule has 3 aromatic rings. The lowest BCUT2D eigenvalue weighted by Gasteiger charge is -2.17. The summed E-state index contributed by atoms with van der Waals surface area (Å²) in [6.07, 6.45) is 1.75. The fourth-order valence-corrected chi connectivity index (χ4v) is 4.80. The van der Waals surface area contributed by atoms with Crippen LogP contribution in [-0.4, -0.2) is 32.0 Å². The van der Waals surface area contributed by atoms with E-state index >= 15 is 0 Å². The maximum absolute atomic E-state index is 13.4. The number of halogens is 2. The Bertz CT molecular complexity index is 1300. The molecule has 0 unspecified atom stereocenters. The number of carbonyl (C=O) groups excluding carboxylic acids is 1. The molecular formula is C25H21Cl2NO3S. The number of rotatable bonds is 5. The molecule has 1 heterocycles. The Balaban J connectivity index is 1.79. The average molecular weight is 486 g/mol. The first-order chi connectivity index (χ1) is 15.2. The predicted octanol–water partition coefficient (Wildman–Crippen LogP) is 5.63. The summed E-state index contributed by atoms with van der Waals surface area (Å²) in [7, 11) is -3.33. The van der Waals surface area contributed by atoms with E-state index in [1.807, 2.05) is 41.3 Å². The van der Waals surface area contributed by atoms with Gasteiger partial charge in [0.15, 0.2) is 9.84 Å². The summed E-state index contributed by atoms with van der Waals surface area (Å²) in [5.41, 5.74) is 3.99. The molecule has 0 aromatic heterocycles. The number of nitrogens with zero attached hydrogens (tertiary/aromatic N) is 1. The first-order valence-electron chi connectivity index (χ1n) is 10.1. The maximum Gasteiger partial charge on any atom is 0.250 e. The minimum absolute atomic E-state index is 0.0397. The molecule has 7 heteroatoms. The normalized spacial score (nSPS) is 15.8. The average Bonchev–Trinajstić information content (AvgIpc) is 3.11. The number of hydrogen-bond donors (Lipinski definition) is 0. The first kappa shape index (κ1) is 22.6. The van der Waals surface area contributed by atoms with Crippen molar-refractivity contribution in [2.24, 2.45) is 0 Å². The summed E-state index contributed by atoms with van der Waals surface area (Å²) in [4.78, 5) is 15.4. The zero-order valence-corrected chi connectivity index (χ0v) is 19.7. The summed E-state index contributed by atoms with van der Waals surface area (Å²) < 4.78 is 23.8. The third kappa shape index (κ3) is 4.75. The van der Waals surface area contributed by atoms with Crippen LogP contribution in [0, 0.1) is 0 Å². The minimum Gasteiger partial charge on any atom is -0.334 e. The summed E-state index contributed by atoms with van der Waals surface area (Å²) >= 11 is 12.4. The smallest absolute Gasteiger partial charge is 0.250 e. The van der Waals surface area contributed by atoms with Crippen molar-refractivity contribution in [2.75, 3.05) is 12.8 Å². The number of hydrogen-bond acceptors (Lipinski definition) is 3. The van der Waals surface area contributed by atoms with Crippen molar-refractivity contribution in [1.29, 1.82) is 0 Å². The SMILES string of the molecule is CS(=O)(=O)c1ccc(/C(=C2\CCN(Cc3ccccc3)C2=O)c2ccc(Cl)c(Cl)c2)cc1. The van der Waals surface area contributed by atoms with Crippen LogP contribution in [-0.2, 0) is 21.2 Å². The third-order valence-electron chi connectivity index (χ3n) is 5.47. The molecule has 0 saturated carbocycles. The van der Waals surface area contributed by atoms with Gasteiger partial charge < -0.3 is 4.90 Å². The molecule has 32 heavy (non-hydrogen) atoms. The molecule has 1 aliphatic heterocycles. The molecule has 1 fully saturated rings. The van der Waals surface area contributed by atoms with E-state index in [0.29, 0.717) is 35.1 Å². The van der Waals surface area contributed by atoms with Gasteiger partial charge in [0.05, 0.1) is 14.9 Å². The second kappa shape index (κ2) is 9.10. The van der Waals surface area contributed by atoms with E-state index in [-0.39, 0.29) is 10.8 Å². The van der Waals surface area contributed by atoms with Crippen molar-refractivity contribution in [3.63, 3.8) is 0 Å². The van der Waals surface area contributed by atoms with Crippen molar-refractivity contribution in [2.45, 2.75) is 17.9 Å². The molecule has 0 N–H and O–H groups in total. The van der Waals surface area contributed by atoms with Crippen LogP contribution in [0.25, 0.3) is 5.57 Å². The number of carbonyl (C=O) groups is 1. The Morgan fingerprint density at radius 2 is 1.56 bits per heavy atom. The molecule has 1 saturated heterocycles. The monoisotopic (exact) mass is 485 g/mol. The van der Waals surface area contributed by atoms with Gasteiger partial charge in [0.1, 0.15) is 0 Å². The van der Waals surface area contributed by atoms with Gasteiger partial charge in [0.25, 0.3) is 5.91 Å². The lowest BCUT2D eigenvalue weighted by molar-refractivity contribution is -0.125. The van der Waals surface area contributed by atoms with Gasteiger partial charge in [-0.25, -0.2) is 8.42 Å². The highest BCUT2D eigenvalue weighted by Gasteiger charge is 2.30. The van der Waals surface area contributed by atoms with E-state index in [0.717, 1.165) is 22.3 Å². The van der Waals surface area contributed by atoms with E-state index in [2.05, 4.69) is 0 Å². The topological polar surface area (TPSA) is 54.5 Å². The summed E-state index contributed by atoms with van der Waals surface area (Å²) in [5.74, 6) is -0.0397. The Kier molecular flexibility index (Phi) is 6.42. The van der Waals surface area contributed by atoms with E-state index in [4.69, 9.17) is 23.2 Å². The van der Waals surface area contributed by atoms with Gasteiger partial charge in [-0.2, -0.15) is 0 Å². The molecule has 0 bridgehead atoms. The molecule has 0 atom stereocenters. The fraction of sp³-hybridized carbons (Fsp3) is 0.160. The Morgan fingerprint density at radius 1 is 0.906 bits per heavy atom. The largest absolute Gasteiger partial charge is 0.334 e. The highest BCUT2D eigenvalue weighted by atomic mass is 35.5. The Labute approximate surface area is 198 Å². The zero-order chi connectivity index (χ0) is 22.9. The second-order valence-electron chi connectivity index (χ2n) is 7.74. The van der Waals surface area contributed by atoms with Crippen molar-refractivity contribution >= 4 is 44.5 Å².